The molecule has 1 amide bonds. The molecule has 0 aromatic carbocycles. The third-order valence-corrected chi connectivity index (χ3v) is 10.3. The smallest absolute Gasteiger partial charge is 0.220 e. The Kier molecular flexibility index (Phi) is 48.5. The molecule has 0 aliphatic heterocycles. The molecular weight excluding hydrogens is 759 g/mol. The van der Waals surface area contributed by atoms with Gasteiger partial charge in [-0.05, 0) is 116 Å². The summed E-state index contributed by atoms with van der Waals surface area (Å²) in [4.78, 5) is 12.4. The second kappa shape index (κ2) is 51.6. The Morgan fingerprint density at radius 2 is 0.726 bits per heavy atom. The first-order valence-electron chi connectivity index (χ1n) is 25.0. The van der Waals surface area contributed by atoms with Crippen molar-refractivity contribution in [3.63, 3.8) is 0 Å². The predicted molar refractivity (Wildman–Crippen MR) is 275 cm³/mol. The number of hydrogen-bond acceptors (Lipinski definition) is 3. The lowest BCUT2D eigenvalue weighted by atomic mass is 10.1. The normalized spacial score (nSPS) is 14.2. The first kappa shape index (κ1) is 58.3. The van der Waals surface area contributed by atoms with Crippen LogP contribution in [-0.2, 0) is 4.79 Å². The summed E-state index contributed by atoms with van der Waals surface area (Å²) in [5.74, 6) is -0.117. The molecule has 4 heteroatoms. The van der Waals surface area contributed by atoms with Crippen molar-refractivity contribution in [3.8, 4) is 0 Å². The monoisotopic (exact) mass is 852 g/mol. The summed E-state index contributed by atoms with van der Waals surface area (Å²) in [6, 6.07) is -0.675. The molecule has 348 valence electrons. The molecule has 4 nitrogen and oxygen atoms in total. The minimum Gasteiger partial charge on any atom is -0.394 e. The SMILES string of the molecule is CC/C=C\C/C=C\C/C=C\C/C=C\C/C=C\C/C=C\C/C=C\C/C=C\C/C=C\CCCCCC(=O)NC(CO)C(O)/C=C/CC/C=C/CC/C=C/CCCCCCCCCCC. The lowest BCUT2D eigenvalue weighted by molar-refractivity contribution is -0.123. The second-order valence-corrected chi connectivity index (χ2v) is 16.1. The van der Waals surface area contributed by atoms with Gasteiger partial charge < -0.3 is 15.5 Å². The van der Waals surface area contributed by atoms with E-state index in [1.54, 1.807) is 6.08 Å². The average Bonchev–Trinajstić information content (AvgIpc) is 3.28. The summed E-state index contributed by atoms with van der Waals surface area (Å²) in [6.07, 6.45) is 82.5. The first-order valence-corrected chi connectivity index (χ1v) is 25.0. The minimum absolute atomic E-state index is 0.117. The van der Waals surface area contributed by atoms with Gasteiger partial charge in [0.1, 0.15) is 0 Å². The maximum absolute atomic E-state index is 12.4. The predicted octanol–water partition coefficient (Wildman–Crippen LogP) is 16.5. The van der Waals surface area contributed by atoms with Crippen LogP contribution < -0.4 is 5.32 Å². The topological polar surface area (TPSA) is 69.6 Å². The molecule has 0 saturated heterocycles. The van der Waals surface area contributed by atoms with E-state index in [9.17, 15) is 15.0 Å². The Bertz CT molecular complexity index is 1330. The molecule has 0 heterocycles. The summed E-state index contributed by atoms with van der Waals surface area (Å²) in [7, 11) is 0. The van der Waals surface area contributed by atoms with Crippen molar-refractivity contribution in [1.82, 2.24) is 5.32 Å². The molecule has 0 fully saturated rings. The van der Waals surface area contributed by atoms with Gasteiger partial charge >= 0.3 is 0 Å². The average molecular weight is 852 g/mol. The fourth-order valence-corrected chi connectivity index (χ4v) is 6.49. The van der Waals surface area contributed by atoms with E-state index in [-0.39, 0.29) is 12.5 Å². The van der Waals surface area contributed by atoms with Crippen molar-refractivity contribution in [2.75, 3.05) is 6.61 Å². The zero-order valence-corrected chi connectivity index (χ0v) is 39.8. The van der Waals surface area contributed by atoms with Crippen molar-refractivity contribution in [2.24, 2.45) is 0 Å². The Morgan fingerprint density at radius 3 is 1.13 bits per heavy atom. The molecule has 0 spiro atoms. The lowest BCUT2D eigenvalue weighted by Crippen LogP contribution is -2.45. The summed E-state index contributed by atoms with van der Waals surface area (Å²) in [5.41, 5.74) is 0. The van der Waals surface area contributed by atoms with Gasteiger partial charge in [0.25, 0.3) is 0 Å². The summed E-state index contributed by atoms with van der Waals surface area (Å²) in [6.45, 7) is 4.15. The van der Waals surface area contributed by atoms with Gasteiger partial charge in [-0.2, -0.15) is 0 Å². The van der Waals surface area contributed by atoms with Crippen molar-refractivity contribution in [1.29, 1.82) is 0 Å². The second-order valence-electron chi connectivity index (χ2n) is 16.1. The highest BCUT2D eigenvalue weighted by Gasteiger charge is 2.17. The molecule has 0 aromatic heterocycles. The zero-order valence-electron chi connectivity index (χ0n) is 39.8. The van der Waals surface area contributed by atoms with Crippen LogP contribution in [0.2, 0.25) is 0 Å². The summed E-state index contributed by atoms with van der Waals surface area (Å²) in [5, 5.41) is 23.0. The van der Waals surface area contributed by atoms with Gasteiger partial charge in [0.2, 0.25) is 5.91 Å². The van der Waals surface area contributed by atoms with E-state index < -0.39 is 12.1 Å². The van der Waals surface area contributed by atoms with E-state index in [4.69, 9.17) is 0 Å². The third-order valence-electron chi connectivity index (χ3n) is 10.3. The number of aliphatic hydroxyl groups is 2. The quantitative estimate of drug-likeness (QED) is 0.0423. The number of amides is 1. The maximum atomic E-state index is 12.4. The molecule has 2 atom stereocenters. The largest absolute Gasteiger partial charge is 0.394 e. The third kappa shape index (κ3) is 47.3. The van der Waals surface area contributed by atoms with Crippen LogP contribution in [0.4, 0.5) is 0 Å². The molecule has 62 heavy (non-hydrogen) atoms. The van der Waals surface area contributed by atoms with Crippen LogP contribution >= 0.6 is 0 Å². The van der Waals surface area contributed by atoms with E-state index >= 15 is 0 Å². The molecular formula is C58H93NO3. The lowest BCUT2D eigenvalue weighted by Gasteiger charge is -2.19. The van der Waals surface area contributed by atoms with Gasteiger partial charge in [0, 0.05) is 6.42 Å². The molecule has 0 aliphatic rings. The highest BCUT2D eigenvalue weighted by atomic mass is 16.3. The molecule has 2 unspecified atom stereocenters. The van der Waals surface area contributed by atoms with Crippen molar-refractivity contribution >= 4 is 5.91 Å². The standard InChI is InChI=1S/C58H93NO3/c1-3-5-7-9-11-13-15-17-19-21-23-24-25-26-27-28-29-30-31-32-33-34-36-38-40-42-44-46-48-50-52-54-58(62)59-56(55-60)57(61)53-51-49-47-45-43-41-39-37-35-22-20-18-16-14-12-10-8-6-4-2/h5,7,11,13,17,19,23-24,26-27,29-30,32-33,35-38,42-45,51,53,56-57,60-61H,3-4,6,8-10,12,14-16,18,20-22,25,28,31,34,39-41,46-50,52,54-55H2,1-2H3,(H,59,62)/b7-5-,13-11-,19-17-,24-23-,27-26-,30-29-,33-32-,37-35+,38-36-,44-42-,45-43+,53-51+. The van der Waals surface area contributed by atoms with Crippen LogP contribution in [0.3, 0.4) is 0 Å². The number of nitrogens with one attached hydrogen (secondary N) is 1. The van der Waals surface area contributed by atoms with E-state index in [1.165, 1.54) is 64.2 Å². The van der Waals surface area contributed by atoms with Crippen molar-refractivity contribution < 1.29 is 15.0 Å². The van der Waals surface area contributed by atoms with E-state index in [2.05, 4.69) is 153 Å². The summed E-state index contributed by atoms with van der Waals surface area (Å²) >= 11 is 0. The molecule has 0 bridgehead atoms. The van der Waals surface area contributed by atoms with Crippen LogP contribution in [0.5, 0.6) is 0 Å². The molecule has 3 N–H and O–H groups in total. The van der Waals surface area contributed by atoms with Crippen LogP contribution in [0.1, 0.15) is 194 Å². The highest BCUT2D eigenvalue weighted by Crippen LogP contribution is 2.11. The molecule has 0 rings (SSSR count). The van der Waals surface area contributed by atoms with Gasteiger partial charge in [-0.15, -0.1) is 0 Å². The first-order chi connectivity index (χ1) is 30.7. The molecule has 0 aliphatic carbocycles. The maximum Gasteiger partial charge on any atom is 0.220 e. The Hall–Kier alpha value is -3.73. The van der Waals surface area contributed by atoms with Gasteiger partial charge in [0.15, 0.2) is 0 Å². The zero-order chi connectivity index (χ0) is 44.9. The van der Waals surface area contributed by atoms with Crippen LogP contribution in [0.15, 0.2) is 146 Å². The number of carbonyl (C=O) groups excluding carboxylic acids is 1. The molecule has 0 saturated carbocycles. The van der Waals surface area contributed by atoms with Gasteiger partial charge in [-0.1, -0.05) is 217 Å². The number of aliphatic hydroxyl groups excluding tert-OH is 2. The number of allylic oxidation sites excluding steroid dienone is 23. The number of hydrogen-bond donors (Lipinski definition) is 3. The number of rotatable bonds is 43. The molecule has 0 aromatic rings. The van der Waals surface area contributed by atoms with Gasteiger partial charge in [-0.3, -0.25) is 4.79 Å². The fraction of sp³-hybridized carbons (Fsp3) is 0.569. The Labute approximate surface area is 383 Å². The number of unbranched alkanes of at least 4 members (excludes halogenated alkanes) is 14. The Balaban J connectivity index is 3.78. The Morgan fingerprint density at radius 1 is 0.403 bits per heavy atom. The van der Waals surface area contributed by atoms with Crippen molar-refractivity contribution in [3.05, 3.63) is 146 Å². The van der Waals surface area contributed by atoms with E-state index in [0.717, 1.165) is 109 Å². The van der Waals surface area contributed by atoms with Crippen molar-refractivity contribution in [2.45, 2.75) is 206 Å². The highest BCUT2D eigenvalue weighted by molar-refractivity contribution is 5.76. The fourth-order valence-electron chi connectivity index (χ4n) is 6.49. The van der Waals surface area contributed by atoms with Crippen LogP contribution in [-0.4, -0.2) is 34.9 Å². The van der Waals surface area contributed by atoms with Crippen LogP contribution in [0.25, 0.3) is 0 Å². The van der Waals surface area contributed by atoms with Crippen LogP contribution in [0, 0.1) is 0 Å². The van der Waals surface area contributed by atoms with Gasteiger partial charge in [-0.25, -0.2) is 0 Å². The van der Waals surface area contributed by atoms with Gasteiger partial charge in [0.05, 0.1) is 18.8 Å². The minimum atomic E-state index is -0.896. The van der Waals surface area contributed by atoms with E-state index in [1.807, 2.05) is 6.08 Å². The molecule has 0 radical (unpaired) electrons. The number of carbonyl (C=O) groups is 1. The summed E-state index contributed by atoms with van der Waals surface area (Å²) < 4.78 is 0. The van der Waals surface area contributed by atoms with E-state index in [0.29, 0.717) is 6.42 Å².